The molecule has 2 aliphatic heterocycles. The van der Waals surface area contributed by atoms with Crippen molar-refractivity contribution in [1.29, 1.82) is 0 Å². The highest BCUT2D eigenvalue weighted by molar-refractivity contribution is 7.89. The van der Waals surface area contributed by atoms with Crippen LogP contribution in [-0.2, 0) is 14.8 Å². The first-order valence-electron chi connectivity index (χ1n) is 10.2. The zero-order chi connectivity index (χ0) is 20.6. The number of benzene rings is 1. The third-order valence-electron chi connectivity index (χ3n) is 5.83. The van der Waals surface area contributed by atoms with Crippen molar-refractivity contribution < 1.29 is 17.7 Å². The minimum Gasteiger partial charge on any atom is -0.361 e. The van der Waals surface area contributed by atoms with E-state index >= 15 is 0 Å². The van der Waals surface area contributed by atoms with Gasteiger partial charge >= 0.3 is 0 Å². The van der Waals surface area contributed by atoms with Gasteiger partial charge in [-0.2, -0.15) is 4.31 Å². The molecule has 2 fully saturated rings. The van der Waals surface area contributed by atoms with Gasteiger partial charge in [-0.25, -0.2) is 8.42 Å². The molecule has 0 N–H and O–H groups in total. The fourth-order valence-corrected chi connectivity index (χ4v) is 6.20. The van der Waals surface area contributed by atoms with Crippen LogP contribution in [0.15, 0.2) is 33.7 Å². The quantitative estimate of drug-likeness (QED) is 0.757. The van der Waals surface area contributed by atoms with Crippen molar-refractivity contribution in [2.75, 3.05) is 18.0 Å². The van der Waals surface area contributed by atoms with Crippen LogP contribution in [0, 0.1) is 13.8 Å². The van der Waals surface area contributed by atoms with Gasteiger partial charge in [0.2, 0.25) is 15.9 Å². The van der Waals surface area contributed by atoms with E-state index in [1.165, 1.54) is 0 Å². The number of anilines is 1. The molecule has 7 nitrogen and oxygen atoms in total. The van der Waals surface area contributed by atoms with Crippen molar-refractivity contribution in [1.82, 2.24) is 9.46 Å². The number of carbonyl (C=O) groups excluding carboxylic acids is 1. The summed E-state index contributed by atoms with van der Waals surface area (Å²) in [5, 5.41) is 4.12. The molecule has 29 heavy (non-hydrogen) atoms. The van der Waals surface area contributed by atoms with Crippen molar-refractivity contribution in [3.8, 4) is 0 Å². The molecule has 1 aromatic carbocycles. The van der Waals surface area contributed by atoms with E-state index in [1.807, 2.05) is 19.1 Å². The number of nitrogens with zero attached hydrogens (tertiary/aromatic N) is 3. The van der Waals surface area contributed by atoms with Gasteiger partial charge in [0.25, 0.3) is 0 Å². The van der Waals surface area contributed by atoms with Crippen molar-refractivity contribution in [3.05, 3.63) is 41.3 Å². The Morgan fingerprint density at radius 1 is 1.07 bits per heavy atom. The molecule has 1 atom stereocenters. The Morgan fingerprint density at radius 2 is 1.90 bits per heavy atom. The fourth-order valence-electron chi connectivity index (χ4n) is 4.29. The van der Waals surface area contributed by atoms with Crippen LogP contribution in [0.3, 0.4) is 0 Å². The molecule has 0 unspecified atom stereocenters. The van der Waals surface area contributed by atoms with Crippen LogP contribution in [0.1, 0.15) is 61.6 Å². The molecule has 3 heterocycles. The zero-order valence-corrected chi connectivity index (χ0v) is 17.7. The van der Waals surface area contributed by atoms with E-state index in [2.05, 4.69) is 5.16 Å². The predicted molar refractivity (Wildman–Crippen MR) is 109 cm³/mol. The Kier molecular flexibility index (Phi) is 5.48. The van der Waals surface area contributed by atoms with Gasteiger partial charge in [-0.3, -0.25) is 4.79 Å². The summed E-state index contributed by atoms with van der Waals surface area (Å²) < 4.78 is 34.3. The molecular formula is C21H27N3O4S. The second kappa shape index (κ2) is 7.91. The number of aryl methyl sites for hydroxylation is 2. The van der Waals surface area contributed by atoms with Crippen molar-refractivity contribution in [3.63, 3.8) is 0 Å². The normalized spacial score (nSPS) is 21.5. The molecular weight excluding hydrogens is 390 g/mol. The SMILES string of the molecule is Cc1cc([C@@H]2CCCCCN2S(=O)(=O)c2cc(N3CCCC3=O)ccc2C)no1. The van der Waals surface area contributed by atoms with Gasteiger partial charge < -0.3 is 9.42 Å². The highest BCUT2D eigenvalue weighted by Crippen LogP contribution is 2.36. The molecule has 1 amide bonds. The second-order valence-corrected chi connectivity index (χ2v) is 9.80. The van der Waals surface area contributed by atoms with E-state index in [1.54, 1.807) is 28.3 Å². The maximum Gasteiger partial charge on any atom is 0.244 e. The zero-order valence-electron chi connectivity index (χ0n) is 16.9. The summed E-state index contributed by atoms with van der Waals surface area (Å²) in [6.45, 7) is 4.69. The van der Waals surface area contributed by atoms with E-state index in [-0.39, 0.29) is 16.8 Å². The lowest BCUT2D eigenvalue weighted by molar-refractivity contribution is -0.117. The number of hydrogen-bond donors (Lipinski definition) is 0. The fraction of sp³-hybridized carbons (Fsp3) is 0.524. The Balaban J connectivity index is 1.75. The number of sulfonamides is 1. The van der Waals surface area contributed by atoms with Crippen molar-refractivity contribution in [2.24, 2.45) is 0 Å². The third kappa shape index (κ3) is 3.83. The van der Waals surface area contributed by atoms with Crippen LogP contribution in [0.25, 0.3) is 0 Å². The second-order valence-electron chi connectivity index (χ2n) is 7.94. The summed E-state index contributed by atoms with van der Waals surface area (Å²) >= 11 is 0. The summed E-state index contributed by atoms with van der Waals surface area (Å²) in [5.41, 5.74) is 2.00. The monoisotopic (exact) mass is 417 g/mol. The predicted octanol–water partition coefficient (Wildman–Crippen LogP) is 3.72. The Bertz CT molecular complexity index is 1010. The van der Waals surface area contributed by atoms with Crippen LogP contribution in [0.4, 0.5) is 5.69 Å². The maximum absolute atomic E-state index is 13.8. The van der Waals surface area contributed by atoms with Gasteiger partial charge in [0.05, 0.1) is 10.9 Å². The van der Waals surface area contributed by atoms with Gasteiger partial charge in [0, 0.05) is 31.3 Å². The van der Waals surface area contributed by atoms with Crippen LogP contribution < -0.4 is 4.90 Å². The van der Waals surface area contributed by atoms with Crippen LogP contribution in [-0.4, -0.2) is 36.9 Å². The van der Waals surface area contributed by atoms with Gasteiger partial charge in [-0.05, 0) is 50.8 Å². The molecule has 0 spiro atoms. The highest BCUT2D eigenvalue weighted by atomic mass is 32.2. The molecule has 0 aliphatic carbocycles. The molecule has 0 saturated carbocycles. The molecule has 0 bridgehead atoms. The number of amides is 1. The smallest absolute Gasteiger partial charge is 0.244 e. The van der Waals surface area contributed by atoms with E-state index in [0.29, 0.717) is 48.6 Å². The van der Waals surface area contributed by atoms with Crippen LogP contribution >= 0.6 is 0 Å². The summed E-state index contributed by atoms with van der Waals surface area (Å²) in [7, 11) is -3.76. The van der Waals surface area contributed by atoms with Gasteiger partial charge in [-0.1, -0.05) is 24.1 Å². The van der Waals surface area contributed by atoms with E-state index in [0.717, 1.165) is 25.7 Å². The van der Waals surface area contributed by atoms with Crippen LogP contribution in [0.2, 0.25) is 0 Å². The van der Waals surface area contributed by atoms with E-state index in [9.17, 15) is 13.2 Å². The molecule has 2 aliphatic rings. The number of hydrogen-bond acceptors (Lipinski definition) is 5. The lowest BCUT2D eigenvalue weighted by Gasteiger charge is -2.29. The van der Waals surface area contributed by atoms with Gasteiger partial charge in [-0.15, -0.1) is 0 Å². The molecule has 0 radical (unpaired) electrons. The molecule has 4 rings (SSSR count). The first-order chi connectivity index (χ1) is 13.9. The Hall–Kier alpha value is -2.19. The molecule has 2 saturated heterocycles. The van der Waals surface area contributed by atoms with Gasteiger partial charge in [0.1, 0.15) is 11.5 Å². The van der Waals surface area contributed by atoms with E-state index < -0.39 is 10.0 Å². The minimum absolute atomic E-state index is 0.0444. The first-order valence-corrected chi connectivity index (χ1v) is 11.7. The topological polar surface area (TPSA) is 83.7 Å². The van der Waals surface area contributed by atoms with Crippen LogP contribution in [0.5, 0.6) is 0 Å². The lowest BCUT2D eigenvalue weighted by atomic mass is 10.1. The largest absolute Gasteiger partial charge is 0.361 e. The summed E-state index contributed by atoms with van der Waals surface area (Å²) in [5.74, 6) is 0.718. The summed E-state index contributed by atoms with van der Waals surface area (Å²) in [6, 6.07) is 6.77. The van der Waals surface area contributed by atoms with E-state index in [4.69, 9.17) is 4.52 Å². The minimum atomic E-state index is -3.76. The molecule has 2 aromatic rings. The van der Waals surface area contributed by atoms with Crippen molar-refractivity contribution in [2.45, 2.75) is 63.3 Å². The summed E-state index contributed by atoms with van der Waals surface area (Å²) in [6.07, 6.45) is 4.78. The molecule has 1 aromatic heterocycles. The van der Waals surface area contributed by atoms with Crippen molar-refractivity contribution >= 4 is 21.6 Å². The first kappa shape index (κ1) is 20.1. The molecule has 8 heteroatoms. The summed E-state index contributed by atoms with van der Waals surface area (Å²) in [4.78, 5) is 14.1. The lowest BCUT2D eigenvalue weighted by Crippen LogP contribution is -2.35. The highest BCUT2D eigenvalue weighted by Gasteiger charge is 2.36. The maximum atomic E-state index is 13.8. The Morgan fingerprint density at radius 3 is 2.59 bits per heavy atom. The average Bonchev–Trinajstić information content (AvgIpc) is 3.22. The standard InChI is InChI=1S/C21H27N3O4S/c1-15-9-10-17(23-11-6-8-21(23)25)14-20(15)29(26,27)24-12-5-3-4-7-19(24)18-13-16(2)28-22-18/h9-10,13-14,19H,3-8,11-12H2,1-2H3/t19-/m0/s1. The number of aromatic nitrogens is 1. The molecule has 156 valence electrons. The number of carbonyl (C=O) groups is 1. The Labute approximate surface area is 171 Å². The number of rotatable bonds is 4. The average molecular weight is 418 g/mol. The van der Waals surface area contributed by atoms with Gasteiger partial charge in [0.15, 0.2) is 0 Å². The third-order valence-corrected chi connectivity index (χ3v) is 7.88.